The van der Waals surface area contributed by atoms with Crippen LogP contribution < -0.4 is 5.32 Å². The molecule has 17 heavy (non-hydrogen) atoms. The van der Waals surface area contributed by atoms with E-state index in [4.69, 9.17) is 0 Å². The standard InChI is InChI=1S/C13H17N3O/c1-2-16(10-11-6-4-3-5-7-11)13(17)12-14-8-9-15-12/h3-7H,2,8-10H2,1H3,(H,14,15). The van der Waals surface area contributed by atoms with Crippen molar-refractivity contribution in [1.82, 2.24) is 10.2 Å². The summed E-state index contributed by atoms with van der Waals surface area (Å²) in [6.07, 6.45) is 0. The molecular weight excluding hydrogens is 214 g/mol. The molecular formula is C13H17N3O. The van der Waals surface area contributed by atoms with Gasteiger partial charge >= 0.3 is 0 Å². The number of hydrogen-bond acceptors (Lipinski definition) is 3. The summed E-state index contributed by atoms with van der Waals surface area (Å²) in [6.45, 7) is 4.77. The van der Waals surface area contributed by atoms with Crippen molar-refractivity contribution < 1.29 is 4.79 Å². The topological polar surface area (TPSA) is 44.7 Å². The number of benzene rings is 1. The van der Waals surface area contributed by atoms with Crippen molar-refractivity contribution in [2.45, 2.75) is 13.5 Å². The van der Waals surface area contributed by atoms with Gasteiger partial charge in [-0.2, -0.15) is 0 Å². The highest BCUT2D eigenvalue weighted by Gasteiger charge is 2.20. The first-order valence-electron chi connectivity index (χ1n) is 5.92. The van der Waals surface area contributed by atoms with E-state index in [2.05, 4.69) is 10.3 Å². The van der Waals surface area contributed by atoms with Crippen molar-refractivity contribution in [1.29, 1.82) is 0 Å². The number of carbonyl (C=O) groups is 1. The van der Waals surface area contributed by atoms with Crippen molar-refractivity contribution in [3.63, 3.8) is 0 Å². The lowest BCUT2D eigenvalue weighted by Crippen LogP contribution is -2.40. The summed E-state index contributed by atoms with van der Waals surface area (Å²) in [5.41, 5.74) is 1.14. The zero-order chi connectivity index (χ0) is 12.1. The Hall–Kier alpha value is -1.84. The summed E-state index contributed by atoms with van der Waals surface area (Å²) in [5.74, 6) is 0.497. The highest BCUT2D eigenvalue weighted by molar-refractivity contribution is 6.38. The number of rotatable bonds is 4. The SMILES string of the molecule is CCN(Cc1ccccc1)C(=O)C1=NCCN1. The molecule has 4 heteroatoms. The maximum Gasteiger partial charge on any atom is 0.289 e. The number of amidine groups is 1. The molecule has 0 aliphatic carbocycles. The van der Waals surface area contributed by atoms with Crippen LogP contribution in [0.2, 0.25) is 0 Å². The second-order valence-corrected chi connectivity index (χ2v) is 3.96. The molecule has 1 aliphatic heterocycles. The number of carbonyl (C=O) groups excluding carboxylic acids is 1. The fourth-order valence-electron chi connectivity index (χ4n) is 1.82. The van der Waals surface area contributed by atoms with E-state index in [1.54, 1.807) is 4.90 Å². The molecule has 0 spiro atoms. The smallest absolute Gasteiger partial charge is 0.289 e. The molecule has 0 saturated heterocycles. The van der Waals surface area contributed by atoms with Crippen LogP contribution in [-0.2, 0) is 11.3 Å². The lowest BCUT2D eigenvalue weighted by molar-refractivity contribution is -0.124. The van der Waals surface area contributed by atoms with E-state index < -0.39 is 0 Å². The summed E-state index contributed by atoms with van der Waals surface area (Å²) in [6, 6.07) is 10.0. The van der Waals surface area contributed by atoms with E-state index >= 15 is 0 Å². The van der Waals surface area contributed by atoms with Crippen LogP contribution in [0.5, 0.6) is 0 Å². The average molecular weight is 231 g/mol. The molecule has 0 radical (unpaired) electrons. The van der Waals surface area contributed by atoms with Gasteiger partial charge in [-0.25, -0.2) is 0 Å². The van der Waals surface area contributed by atoms with Crippen molar-refractivity contribution >= 4 is 11.7 Å². The molecule has 1 aliphatic rings. The minimum absolute atomic E-state index is 0.00569. The first-order chi connectivity index (χ1) is 8.31. The number of nitrogens with one attached hydrogen (secondary N) is 1. The average Bonchev–Trinajstić information content (AvgIpc) is 2.90. The van der Waals surface area contributed by atoms with Gasteiger partial charge in [-0.05, 0) is 12.5 Å². The molecule has 2 rings (SSSR count). The number of nitrogens with zero attached hydrogens (tertiary/aromatic N) is 2. The Kier molecular flexibility index (Phi) is 3.75. The maximum absolute atomic E-state index is 12.1. The fourth-order valence-corrected chi connectivity index (χ4v) is 1.82. The number of amides is 1. The minimum atomic E-state index is -0.00569. The monoisotopic (exact) mass is 231 g/mol. The molecule has 4 nitrogen and oxygen atoms in total. The van der Waals surface area contributed by atoms with Crippen molar-refractivity contribution in [2.24, 2.45) is 4.99 Å². The van der Waals surface area contributed by atoms with Gasteiger partial charge in [-0.1, -0.05) is 30.3 Å². The van der Waals surface area contributed by atoms with Crippen LogP contribution in [-0.4, -0.2) is 36.3 Å². The first-order valence-corrected chi connectivity index (χ1v) is 5.92. The third kappa shape index (κ3) is 2.84. The molecule has 0 atom stereocenters. The molecule has 90 valence electrons. The molecule has 1 amide bonds. The third-order valence-electron chi connectivity index (χ3n) is 2.76. The van der Waals surface area contributed by atoms with Crippen LogP contribution in [0.3, 0.4) is 0 Å². The van der Waals surface area contributed by atoms with Gasteiger partial charge in [0.2, 0.25) is 0 Å². The van der Waals surface area contributed by atoms with Crippen LogP contribution in [0.25, 0.3) is 0 Å². The van der Waals surface area contributed by atoms with E-state index in [0.717, 1.165) is 12.1 Å². The molecule has 1 aromatic rings. The Labute approximate surface area is 101 Å². The van der Waals surface area contributed by atoms with Gasteiger partial charge in [0.25, 0.3) is 5.91 Å². The van der Waals surface area contributed by atoms with Crippen LogP contribution in [0, 0.1) is 0 Å². The molecule has 0 saturated carbocycles. The number of likely N-dealkylation sites (N-methyl/N-ethyl adjacent to an activating group) is 1. The molecule has 1 N–H and O–H groups in total. The Balaban J connectivity index is 2.04. The van der Waals surface area contributed by atoms with E-state index in [1.807, 2.05) is 37.3 Å². The van der Waals surface area contributed by atoms with Gasteiger partial charge in [0, 0.05) is 19.6 Å². The quantitative estimate of drug-likeness (QED) is 0.841. The van der Waals surface area contributed by atoms with Gasteiger partial charge in [0.1, 0.15) is 0 Å². The van der Waals surface area contributed by atoms with E-state index in [1.165, 1.54) is 0 Å². The van der Waals surface area contributed by atoms with Crippen molar-refractivity contribution in [3.05, 3.63) is 35.9 Å². The lowest BCUT2D eigenvalue weighted by atomic mass is 10.2. The molecule has 1 heterocycles. The summed E-state index contributed by atoms with van der Waals surface area (Å²) >= 11 is 0. The largest absolute Gasteiger partial charge is 0.364 e. The van der Waals surface area contributed by atoms with Crippen molar-refractivity contribution in [3.8, 4) is 0 Å². The minimum Gasteiger partial charge on any atom is -0.364 e. The van der Waals surface area contributed by atoms with E-state index in [9.17, 15) is 4.79 Å². The number of aliphatic imine (C=N–C) groups is 1. The van der Waals surface area contributed by atoms with Crippen LogP contribution in [0.15, 0.2) is 35.3 Å². The van der Waals surface area contributed by atoms with Gasteiger partial charge in [0.15, 0.2) is 5.84 Å². The Morgan fingerprint density at radius 3 is 2.76 bits per heavy atom. The molecule has 0 aromatic heterocycles. The Bertz CT molecular complexity index is 414. The maximum atomic E-state index is 12.1. The summed E-state index contributed by atoms with van der Waals surface area (Å²) < 4.78 is 0. The molecule has 0 fully saturated rings. The van der Waals surface area contributed by atoms with Crippen LogP contribution in [0.4, 0.5) is 0 Å². The van der Waals surface area contributed by atoms with Crippen LogP contribution in [0.1, 0.15) is 12.5 Å². The highest BCUT2D eigenvalue weighted by atomic mass is 16.2. The third-order valence-corrected chi connectivity index (χ3v) is 2.76. The predicted octanol–water partition coefficient (Wildman–Crippen LogP) is 1.04. The van der Waals surface area contributed by atoms with Gasteiger partial charge in [-0.3, -0.25) is 9.79 Å². The lowest BCUT2D eigenvalue weighted by Gasteiger charge is -2.20. The highest BCUT2D eigenvalue weighted by Crippen LogP contribution is 2.05. The van der Waals surface area contributed by atoms with Gasteiger partial charge in [0.05, 0.1) is 6.54 Å². The molecule has 0 unspecified atom stereocenters. The summed E-state index contributed by atoms with van der Waals surface area (Å²) in [4.78, 5) is 18.1. The summed E-state index contributed by atoms with van der Waals surface area (Å²) in [5, 5.41) is 3.02. The number of hydrogen-bond donors (Lipinski definition) is 1. The second kappa shape index (κ2) is 5.48. The zero-order valence-corrected chi connectivity index (χ0v) is 10.0. The first kappa shape index (κ1) is 11.6. The Morgan fingerprint density at radius 1 is 1.41 bits per heavy atom. The van der Waals surface area contributed by atoms with Crippen molar-refractivity contribution in [2.75, 3.05) is 19.6 Å². The molecule has 1 aromatic carbocycles. The van der Waals surface area contributed by atoms with E-state index in [0.29, 0.717) is 25.5 Å². The van der Waals surface area contributed by atoms with Crippen LogP contribution >= 0.6 is 0 Å². The molecule has 0 bridgehead atoms. The summed E-state index contributed by atoms with van der Waals surface area (Å²) in [7, 11) is 0. The van der Waals surface area contributed by atoms with E-state index in [-0.39, 0.29) is 5.91 Å². The fraction of sp³-hybridized carbons (Fsp3) is 0.385. The Morgan fingerprint density at radius 2 is 2.18 bits per heavy atom. The second-order valence-electron chi connectivity index (χ2n) is 3.96. The van der Waals surface area contributed by atoms with Gasteiger partial charge < -0.3 is 10.2 Å². The zero-order valence-electron chi connectivity index (χ0n) is 10.0. The predicted molar refractivity (Wildman–Crippen MR) is 67.8 cm³/mol. The normalized spacial score (nSPS) is 14.1. The van der Waals surface area contributed by atoms with Gasteiger partial charge in [-0.15, -0.1) is 0 Å².